The number of benzene rings is 1. The smallest absolute Gasteiger partial charge is 0.135 e. The maximum Gasteiger partial charge on any atom is 0.135 e. The standard InChI is InChI=1S/C13H16N2O/c1-10-3-5-12(6-4-10)11(2)15-8-7-14-13(15)9-16/h3-8,11,16H,9H2,1-2H3. The first kappa shape index (κ1) is 10.9. The molecule has 1 N–H and O–H groups in total. The number of hydrogen-bond donors (Lipinski definition) is 1. The van der Waals surface area contributed by atoms with Crippen LogP contribution in [-0.2, 0) is 6.61 Å². The molecule has 0 radical (unpaired) electrons. The van der Waals surface area contributed by atoms with Crippen LogP contribution in [0.1, 0.15) is 29.9 Å². The quantitative estimate of drug-likeness (QED) is 0.854. The predicted octanol–water partition coefficient (Wildman–Crippen LogP) is 2.29. The molecule has 1 unspecified atom stereocenters. The van der Waals surface area contributed by atoms with E-state index in [2.05, 4.69) is 43.1 Å². The minimum absolute atomic E-state index is 0.0246. The van der Waals surface area contributed by atoms with Crippen LogP contribution in [0.25, 0.3) is 0 Å². The average molecular weight is 216 g/mol. The van der Waals surface area contributed by atoms with Crippen molar-refractivity contribution in [1.82, 2.24) is 9.55 Å². The van der Waals surface area contributed by atoms with Gasteiger partial charge in [0.15, 0.2) is 0 Å². The third-order valence-corrected chi connectivity index (χ3v) is 2.87. The van der Waals surface area contributed by atoms with Crippen LogP contribution >= 0.6 is 0 Å². The molecular weight excluding hydrogens is 200 g/mol. The van der Waals surface area contributed by atoms with Gasteiger partial charge in [-0.05, 0) is 19.4 Å². The first-order valence-electron chi connectivity index (χ1n) is 5.41. The number of nitrogens with zero attached hydrogens (tertiary/aromatic N) is 2. The Morgan fingerprint density at radius 2 is 2.00 bits per heavy atom. The van der Waals surface area contributed by atoms with Crippen molar-refractivity contribution in [3.05, 3.63) is 53.6 Å². The number of imidazole rings is 1. The summed E-state index contributed by atoms with van der Waals surface area (Å²) in [5.74, 6) is 0.702. The van der Waals surface area contributed by atoms with Crippen molar-refractivity contribution in [2.75, 3.05) is 0 Å². The van der Waals surface area contributed by atoms with E-state index < -0.39 is 0 Å². The largest absolute Gasteiger partial charge is 0.388 e. The van der Waals surface area contributed by atoms with Crippen LogP contribution in [0.15, 0.2) is 36.7 Å². The summed E-state index contributed by atoms with van der Waals surface area (Å²) in [7, 11) is 0. The molecule has 0 aliphatic heterocycles. The summed E-state index contributed by atoms with van der Waals surface area (Å²) < 4.78 is 1.99. The summed E-state index contributed by atoms with van der Waals surface area (Å²) in [5.41, 5.74) is 2.47. The Hall–Kier alpha value is -1.61. The zero-order valence-corrected chi connectivity index (χ0v) is 9.59. The maximum absolute atomic E-state index is 9.16. The summed E-state index contributed by atoms with van der Waals surface area (Å²) in [6.07, 6.45) is 3.62. The molecule has 0 aliphatic carbocycles. The van der Waals surface area contributed by atoms with Gasteiger partial charge in [0.2, 0.25) is 0 Å². The molecule has 2 rings (SSSR count). The fraction of sp³-hybridized carbons (Fsp3) is 0.308. The molecule has 3 nitrogen and oxygen atoms in total. The highest BCUT2D eigenvalue weighted by molar-refractivity contribution is 5.24. The molecule has 2 aromatic rings. The molecule has 1 aromatic carbocycles. The third-order valence-electron chi connectivity index (χ3n) is 2.87. The van der Waals surface area contributed by atoms with Crippen LogP contribution < -0.4 is 0 Å². The van der Waals surface area contributed by atoms with Crippen molar-refractivity contribution in [2.45, 2.75) is 26.5 Å². The molecule has 0 fully saturated rings. The van der Waals surface area contributed by atoms with Gasteiger partial charge in [0.05, 0.1) is 6.04 Å². The van der Waals surface area contributed by atoms with E-state index >= 15 is 0 Å². The van der Waals surface area contributed by atoms with Crippen molar-refractivity contribution >= 4 is 0 Å². The van der Waals surface area contributed by atoms with Crippen LogP contribution in [0, 0.1) is 6.92 Å². The molecule has 0 saturated heterocycles. The van der Waals surface area contributed by atoms with E-state index in [1.165, 1.54) is 11.1 Å². The average Bonchev–Trinajstić information content (AvgIpc) is 2.77. The summed E-state index contributed by atoms with van der Waals surface area (Å²) in [6.45, 7) is 4.15. The van der Waals surface area contributed by atoms with Gasteiger partial charge in [0.25, 0.3) is 0 Å². The van der Waals surface area contributed by atoms with E-state index in [-0.39, 0.29) is 12.6 Å². The highest BCUT2D eigenvalue weighted by Gasteiger charge is 2.10. The van der Waals surface area contributed by atoms with Gasteiger partial charge in [-0.3, -0.25) is 0 Å². The van der Waals surface area contributed by atoms with Crippen LogP contribution in [-0.4, -0.2) is 14.7 Å². The van der Waals surface area contributed by atoms with Gasteiger partial charge in [-0.25, -0.2) is 4.98 Å². The fourth-order valence-corrected chi connectivity index (χ4v) is 1.82. The summed E-state index contributed by atoms with van der Waals surface area (Å²) in [6, 6.07) is 8.62. The van der Waals surface area contributed by atoms with Crippen LogP contribution in [0.4, 0.5) is 0 Å². The molecule has 0 bridgehead atoms. The Morgan fingerprint density at radius 3 is 2.62 bits per heavy atom. The van der Waals surface area contributed by atoms with E-state index in [4.69, 9.17) is 5.11 Å². The normalized spacial score (nSPS) is 12.7. The van der Waals surface area contributed by atoms with E-state index in [0.717, 1.165) is 0 Å². The second-order valence-electron chi connectivity index (χ2n) is 4.00. The molecule has 3 heteroatoms. The second kappa shape index (κ2) is 4.49. The molecule has 1 atom stereocenters. The molecule has 0 amide bonds. The zero-order chi connectivity index (χ0) is 11.5. The number of aryl methyl sites for hydroxylation is 1. The monoisotopic (exact) mass is 216 g/mol. The van der Waals surface area contributed by atoms with Gasteiger partial charge in [-0.2, -0.15) is 0 Å². The molecule has 0 spiro atoms. The van der Waals surface area contributed by atoms with E-state index in [1.807, 2.05) is 10.8 Å². The van der Waals surface area contributed by atoms with Crippen LogP contribution in [0.3, 0.4) is 0 Å². The van der Waals surface area contributed by atoms with Gasteiger partial charge in [0.1, 0.15) is 12.4 Å². The van der Waals surface area contributed by atoms with E-state index in [1.54, 1.807) is 6.20 Å². The predicted molar refractivity (Wildman–Crippen MR) is 63.1 cm³/mol. The summed E-state index contributed by atoms with van der Waals surface area (Å²) in [4.78, 5) is 4.11. The van der Waals surface area contributed by atoms with E-state index in [9.17, 15) is 0 Å². The Morgan fingerprint density at radius 1 is 1.31 bits per heavy atom. The van der Waals surface area contributed by atoms with Gasteiger partial charge in [-0.15, -0.1) is 0 Å². The minimum atomic E-state index is -0.0246. The SMILES string of the molecule is Cc1ccc(C(C)n2ccnc2CO)cc1. The number of aromatic nitrogens is 2. The number of hydrogen-bond acceptors (Lipinski definition) is 2. The third kappa shape index (κ3) is 1.99. The fourth-order valence-electron chi connectivity index (χ4n) is 1.82. The number of aliphatic hydroxyl groups is 1. The Labute approximate surface area is 95.4 Å². The van der Waals surface area contributed by atoms with Crippen LogP contribution in [0.2, 0.25) is 0 Å². The lowest BCUT2D eigenvalue weighted by atomic mass is 10.1. The summed E-state index contributed by atoms with van der Waals surface area (Å²) in [5, 5.41) is 9.16. The molecule has 84 valence electrons. The number of rotatable bonds is 3. The summed E-state index contributed by atoms with van der Waals surface area (Å²) >= 11 is 0. The van der Waals surface area contributed by atoms with Crippen molar-refractivity contribution in [1.29, 1.82) is 0 Å². The highest BCUT2D eigenvalue weighted by atomic mass is 16.3. The van der Waals surface area contributed by atoms with Crippen molar-refractivity contribution < 1.29 is 5.11 Å². The Kier molecular flexibility index (Phi) is 3.06. The van der Waals surface area contributed by atoms with Crippen LogP contribution in [0.5, 0.6) is 0 Å². The van der Waals surface area contributed by atoms with Gasteiger partial charge in [0, 0.05) is 12.4 Å². The molecule has 1 heterocycles. The van der Waals surface area contributed by atoms with Gasteiger partial charge >= 0.3 is 0 Å². The second-order valence-corrected chi connectivity index (χ2v) is 4.00. The van der Waals surface area contributed by atoms with Crippen molar-refractivity contribution in [3.63, 3.8) is 0 Å². The molecule has 1 aromatic heterocycles. The lowest BCUT2D eigenvalue weighted by Gasteiger charge is -2.16. The molecule has 0 saturated carbocycles. The molecule has 16 heavy (non-hydrogen) atoms. The zero-order valence-electron chi connectivity index (χ0n) is 9.59. The van der Waals surface area contributed by atoms with Crippen molar-refractivity contribution in [3.8, 4) is 0 Å². The lowest BCUT2D eigenvalue weighted by Crippen LogP contribution is -2.09. The molecule has 0 aliphatic rings. The molecular formula is C13H16N2O. The van der Waals surface area contributed by atoms with Gasteiger partial charge in [-0.1, -0.05) is 29.8 Å². The maximum atomic E-state index is 9.16. The highest BCUT2D eigenvalue weighted by Crippen LogP contribution is 2.19. The topological polar surface area (TPSA) is 38.0 Å². The van der Waals surface area contributed by atoms with E-state index in [0.29, 0.717) is 5.82 Å². The van der Waals surface area contributed by atoms with Crippen molar-refractivity contribution in [2.24, 2.45) is 0 Å². The first-order valence-corrected chi connectivity index (χ1v) is 5.41. The Bertz CT molecular complexity index is 459. The number of aliphatic hydroxyl groups excluding tert-OH is 1. The Balaban J connectivity index is 2.31. The van der Waals surface area contributed by atoms with Gasteiger partial charge < -0.3 is 9.67 Å². The lowest BCUT2D eigenvalue weighted by molar-refractivity contribution is 0.263. The minimum Gasteiger partial charge on any atom is -0.388 e. The first-order chi connectivity index (χ1) is 7.72.